The van der Waals surface area contributed by atoms with E-state index in [1.165, 1.54) is 25.5 Å². The van der Waals surface area contributed by atoms with Gasteiger partial charge in [-0.3, -0.25) is 32.5 Å². The Morgan fingerprint density at radius 3 is 2.41 bits per heavy atom. The zero-order chi connectivity index (χ0) is 24.7. The summed E-state index contributed by atoms with van der Waals surface area (Å²) in [6.07, 6.45) is 0.728. The van der Waals surface area contributed by atoms with E-state index in [1.807, 2.05) is 23.6 Å². The predicted octanol–water partition coefficient (Wildman–Crippen LogP) is 1.60. The van der Waals surface area contributed by atoms with E-state index in [-0.39, 0.29) is 24.3 Å². The van der Waals surface area contributed by atoms with Gasteiger partial charge in [-0.25, -0.2) is 4.79 Å². The van der Waals surface area contributed by atoms with Crippen molar-refractivity contribution in [3.8, 4) is 5.69 Å². The fourth-order valence-electron chi connectivity index (χ4n) is 3.85. The maximum absolute atomic E-state index is 13.5. The largest absolute Gasteiger partial charge is 0.462 e. The zero-order valence-electron chi connectivity index (χ0n) is 18.9. The monoisotopic (exact) mass is 487 g/mol. The summed E-state index contributed by atoms with van der Waals surface area (Å²) in [5.74, 6) is -0.772. The highest BCUT2D eigenvalue weighted by Crippen LogP contribution is 2.22. The van der Waals surface area contributed by atoms with Crippen LogP contribution in [0.15, 0.2) is 40.1 Å². The standard InChI is InChI=1S/C22H22ClN5O6/c1-12-9-26-18-19(24-21(26)28(12)16-7-5-15(23)6-8-16)25(4)22(32)27(20(18)31)10-17(34-14(3)30)11-33-13(2)29/h5-9,17H,10-11H2,1-4H3/t17-/m1/s1. The van der Waals surface area contributed by atoms with Crippen LogP contribution in [0.2, 0.25) is 5.02 Å². The molecule has 34 heavy (non-hydrogen) atoms. The molecule has 0 saturated heterocycles. The first kappa shape index (κ1) is 23.3. The lowest BCUT2D eigenvalue weighted by Crippen LogP contribution is -2.43. The number of esters is 2. The molecule has 0 saturated carbocycles. The van der Waals surface area contributed by atoms with E-state index in [4.69, 9.17) is 21.1 Å². The van der Waals surface area contributed by atoms with Crippen LogP contribution in [0.4, 0.5) is 0 Å². The van der Waals surface area contributed by atoms with Crippen molar-refractivity contribution in [3.05, 3.63) is 62.0 Å². The van der Waals surface area contributed by atoms with Crippen LogP contribution in [-0.2, 0) is 32.7 Å². The Balaban J connectivity index is 1.89. The van der Waals surface area contributed by atoms with Gasteiger partial charge in [0.1, 0.15) is 6.61 Å². The summed E-state index contributed by atoms with van der Waals surface area (Å²) in [5, 5.41) is 0.583. The highest BCUT2D eigenvalue weighted by molar-refractivity contribution is 6.30. The van der Waals surface area contributed by atoms with Crippen molar-refractivity contribution in [1.82, 2.24) is 23.1 Å². The van der Waals surface area contributed by atoms with Crippen LogP contribution < -0.4 is 11.2 Å². The second-order valence-corrected chi connectivity index (χ2v) is 8.26. The van der Waals surface area contributed by atoms with Crippen LogP contribution in [0, 0.1) is 6.92 Å². The number of aryl methyl sites for hydroxylation is 2. The summed E-state index contributed by atoms with van der Waals surface area (Å²) in [6, 6.07) is 7.14. The maximum Gasteiger partial charge on any atom is 0.332 e. The first-order valence-corrected chi connectivity index (χ1v) is 10.7. The molecule has 178 valence electrons. The molecular formula is C22H22ClN5O6. The van der Waals surface area contributed by atoms with Crippen molar-refractivity contribution < 1.29 is 19.1 Å². The number of imidazole rings is 2. The minimum atomic E-state index is -1.02. The van der Waals surface area contributed by atoms with Crippen LogP contribution in [0.3, 0.4) is 0 Å². The topological polar surface area (TPSA) is 119 Å². The van der Waals surface area contributed by atoms with Gasteiger partial charge in [0.05, 0.1) is 6.54 Å². The van der Waals surface area contributed by atoms with E-state index < -0.39 is 29.3 Å². The maximum atomic E-state index is 13.5. The first-order valence-electron chi connectivity index (χ1n) is 10.3. The summed E-state index contributed by atoms with van der Waals surface area (Å²) >= 11 is 6.01. The number of nitrogens with zero attached hydrogens (tertiary/aromatic N) is 5. The second-order valence-electron chi connectivity index (χ2n) is 7.83. The lowest BCUT2D eigenvalue weighted by molar-refractivity contribution is -0.157. The summed E-state index contributed by atoms with van der Waals surface area (Å²) in [4.78, 5) is 53.8. The third kappa shape index (κ3) is 4.10. The van der Waals surface area contributed by atoms with E-state index in [0.29, 0.717) is 10.8 Å². The number of aromatic nitrogens is 5. The van der Waals surface area contributed by atoms with Gasteiger partial charge in [-0.1, -0.05) is 11.6 Å². The van der Waals surface area contributed by atoms with Crippen LogP contribution >= 0.6 is 11.6 Å². The lowest BCUT2D eigenvalue weighted by atomic mass is 10.3. The Morgan fingerprint density at radius 1 is 1.12 bits per heavy atom. The number of carbonyl (C=O) groups excluding carboxylic acids is 2. The highest BCUT2D eigenvalue weighted by atomic mass is 35.5. The van der Waals surface area contributed by atoms with Gasteiger partial charge >= 0.3 is 17.6 Å². The number of hydrogen-bond acceptors (Lipinski definition) is 7. The molecule has 1 aromatic carbocycles. The van der Waals surface area contributed by atoms with Gasteiger partial charge in [-0.15, -0.1) is 0 Å². The minimum Gasteiger partial charge on any atom is -0.462 e. The van der Waals surface area contributed by atoms with Gasteiger partial charge in [0.2, 0.25) is 5.78 Å². The molecule has 11 nitrogen and oxygen atoms in total. The molecule has 12 heteroatoms. The van der Waals surface area contributed by atoms with E-state index in [0.717, 1.165) is 15.9 Å². The lowest BCUT2D eigenvalue weighted by Gasteiger charge is -2.18. The van der Waals surface area contributed by atoms with Crippen LogP contribution in [0.5, 0.6) is 0 Å². The van der Waals surface area contributed by atoms with Crippen molar-refractivity contribution in [2.75, 3.05) is 6.61 Å². The van der Waals surface area contributed by atoms with Crippen LogP contribution in [0.25, 0.3) is 22.6 Å². The molecule has 0 N–H and O–H groups in total. The molecule has 0 radical (unpaired) electrons. The number of benzene rings is 1. The van der Waals surface area contributed by atoms with Crippen LogP contribution in [0.1, 0.15) is 19.5 Å². The smallest absolute Gasteiger partial charge is 0.332 e. The average Bonchev–Trinajstić information content (AvgIpc) is 3.28. The Bertz CT molecular complexity index is 1540. The summed E-state index contributed by atoms with van der Waals surface area (Å²) in [7, 11) is 1.50. The fourth-order valence-corrected chi connectivity index (χ4v) is 3.98. The summed E-state index contributed by atoms with van der Waals surface area (Å²) < 4.78 is 15.8. The van der Waals surface area contributed by atoms with Crippen molar-refractivity contribution in [3.63, 3.8) is 0 Å². The Labute approximate surface area is 197 Å². The molecule has 4 rings (SSSR count). The van der Waals surface area contributed by atoms with Crippen LogP contribution in [-0.4, -0.2) is 47.7 Å². The van der Waals surface area contributed by atoms with Crippen molar-refractivity contribution in [2.45, 2.75) is 33.4 Å². The molecule has 4 aromatic rings. The quantitative estimate of drug-likeness (QED) is 0.379. The van der Waals surface area contributed by atoms with E-state index in [1.54, 1.807) is 22.7 Å². The third-order valence-corrected chi connectivity index (χ3v) is 5.55. The number of hydrogen-bond donors (Lipinski definition) is 0. The van der Waals surface area contributed by atoms with Gasteiger partial charge < -0.3 is 9.47 Å². The average molecular weight is 488 g/mol. The van der Waals surface area contributed by atoms with Gasteiger partial charge in [0.25, 0.3) is 5.56 Å². The van der Waals surface area contributed by atoms with Gasteiger partial charge in [0.15, 0.2) is 17.3 Å². The molecule has 0 unspecified atom stereocenters. The van der Waals surface area contributed by atoms with E-state index in [2.05, 4.69) is 4.98 Å². The molecule has 0 fully saturated rings. The minimum absolute atomic E-state index is 0.182. The number of halogens is 1. The number of rotatable bonds is 6. The zero-order valence-corrected chi connectivity index (χ0v) is 19.7. The highest BCUT2D eigenvalue weighted by Gasteiger charge is 2.24. The molecule has 3 aromatic heterocycles. The number of ether oxygens (including phenoxy) is 2. The molecule has 0 aliphatic rings. The van der Waals surface area contributed by atoms with Gasteiger partial charge in [-0.2, -0.15) is 4.98 Å². The molecular weight excluding hydrogens is 466 g/mol. The molecule has 0 aliphatic carbocycles. The van der Waals surface area contributed by atoms with E-state index >= 15 is 0 Å². The molecule has 0 bridgehead atoms. The normalized spacial score (nSPS) is 12.3. The fraction of sp³-hybridized carbons (Fsp3) is 0.318. The molecule has 0 amide bonds. The molecule has 3 heterocycles. The number of carbonyl (C=O) groups is 2. The predicted molar refractivity (Wildman–Crippen MR) is 123 cm³/mol. The van der Waals surface area contributed by atoms with Gasteiger partial charge in [0, 0.05) is 43.5 Å². The number of fused-ring (bicyclic) bond motifs is 3. The Morgan fingerprint density at radius 2 is 1.79 bits per heavy atom. The summed E-state index contributed by atoms with van der Waals surface area (Å²) in [6.45, 7) is 3.67. The second kappa shape index (κ2) is 8.82. The van der Waals surface area contributed by atoms with Gasteiger partial charge in [-0.05, 0) is 31.2 Å². The third-order valence-electron chi connectivity index (χ3n) is 5.30. The van der Waals surface area contributed by atoms with Crippen molar-refractivity contribution >= 4 is 40.5 Å². The van der Waals surface area contributed by atoms with Crippen molar-refractivity contribution in [2.24, 2.45) is 7.05 Å². The molecule has 0 aliphatic heterocycles. The van der Waals surface area contributed by atoms with E-state index in [9.17, 15) is 19.2 Å². The Hall–Kier alpha value is -3.86. The van der Waals surface area contributed by atoms with Crippen molar-refractivity contribution in [1.29, 1.82) is 0 Å². The first-order chi connectivity index (χ1) is 16.1. The molecule has 1 atom stereocenters. The Kier molecular flexibility index (Phi) is 6.05. The molecule has 0 spiro atoms. The summed E-state index contributed by atoms with van der Waals surface area (Å²) in [5.41, 5.74) is 0.717. The SMILES string of the molecule is CC(=O)OC[C@@H](Cn1c(=O)c2c(nc3n(-c4ccc(Cl)cc4)c(C)cn23)n(C)c1=O)OC(C)=O.